The van der Waals surface area contributed by atoms with Crippen molar-refractivity contribution in [1.82, 2.24) is 9.97 Å². The second-order valence-corrected chi connectivity index (χ2v) is 18.6. The van der Waals surface area contributed by atoms with Crippen molar-refractivity contribution in [1.29, 1.82) is 0 Å². The van der Waals surface area contributed by atoms with E-state index in [2.05, 4.69) is 250 Å². The lowest BCUT2D eigenvalue weighted by Crippen LogP contribution is -2.22. The normalized spacial score (nSPS) is 13.8. The van der Waals surface area contributed by atoms with E-state index >= 15 is 0 Å². The van der Waals surface area contributed by atoms with Crippen molar-refractivity contribution >= 4 is 21.5 Å². The summed E-state index contributed by atoms with van der Waals surface area (Å²) in [6.45, 7) is 2.40. The van der Waals surface area contributed by atoms with Crippen molar-refractivity contribution < 1.29 is 0 Å². The second kappa shape index (κ2) is 17.0. The number of aromatic nitrogens is 2. The fourth-order valence-electron chi connectivity index (χ4n) is 10.9. The first-order valence-electron chi connectivity index (χ1n) is 24.1. The standard InChI is InChI=1S/C68H46N2/c1-68(56-23-9-4-10-24-56)63-28-16-15-27-60(63)61-36-35-52(43-64(61)68)54-40-53(51-34-31-46-19-11-12-22-50(46)39-51)41-55(42-54)57-37-38-62(59-26-14-13-25-58(57)59)66-44-65(69-67(70-66)49-20-7-3-8-21-49)48-32-29-47(30-33-48)45-17-5-2-6-18-45/h2-44H,1H3. The molecule has 11 aromatic carbocycles. The molecule has 70 heavy (non-hydrogen) atoms. The minimum atomic E-state index is -0.305. The maximum absolute atomic E-state index is 5.32. The van der Waals surface area contributed by atoms with Crippen LogP contribution < -0.4 is 0 Å². The van der Waals surface area contributed by atoms with Crippen LogP contribution in [-0.4, -0.2) is 9.97 Å². The first-order chi connectivity index (χ1) is 34.5. The molecule has 1 atom stereocenters. The Labute approximate surface area is 408 Å². The molecule has 1 unspecified atom stereocenters. The summed E-state index contributed by atoms with van der Waals surface area (Å²) in [6.07, 6.45) is 0. The van der Waals surface area contributed by atoms with E-state index in [1.807, 2.05) is 18.2 Å². The summed E-state index contributed by atoms with van der Waals surface area (Å²) in [5, 5.41) is 4.75. The molecule has 12 aromatic rings. The number of hydrogen-bond donors (Lipinski definition) is 0. The van der Waals surface area contributed by atoms with E-state index in [0.717, 1.165) is 44.4 Å². The van der Waals surface area contributed by atoms with E-state index in [1.165, 1.54) is 77.5 Å². The lowest BCUT2D eigenvalue weighted by Gasteiger charge is -2.28. The van der Waals surface area contributed by atoms with E-state index in [4.69, 9.17) is 9.97 Å². The number of rotatable bonds is 8. The van der Waals surface area contributed by atoms with Crippen molar-refractivity contribution in [3.8, 4) is 89.5 Å². The zero-order valence-corrected chi connectivity index (χ0v) is 38.7. The Morgan fingerprint density at radius 2 is 0.771 bits per heavy atom. The molecule has 328 valence electrons. The maximum atomic E-state index is 5.32. The van der Waals surface area contributed by atoms with E-state index in [-0.39, 0.29) is 5.41 Å². The summed E-state index contributed by atoms with van der Waals surface area (Å²) in [7, 11) is 0. The highest BCUT2D eigenvalue weighted by atomic mass is 14.9. The molecule has 0 saturated heterocycles. The molecule has 13 rings (SSSR count). The molecule has 1 aliphatic rings. The first kappa shape index (κ1) is 41.2. The average molecular weight is 891 g/mol. The van der Waals surface area contributed by atoms with Crippen LogP contribution in [0.25, 0.3) is 111 Å². The van der Waals surface area contributed by atoms with E-state index in [1.54, 1.807) is 0 Å². The highest BCUT2D eigenvalue weighted by Gasteiger charge is 2.40. The predicted molar refractivity (Wildman–Crippen MR) is 293 cm³/mol. The van der Waals surface area contributed by atoms with Crippen molar-refractivity contribution in [2.75, 3.05) is 0 Å². The number of fused-ring (bicyclic) bond motifs is 5. The third-order valence-corrected chi connectivity index (χ3v) is 14.6. The fourth-order valence-corrected chi connectivity index (χ4v) is 10.9. The molecular formula is C68H46N2. The summed E-state index contributed by atoms with van der Waals surface area (Å²) in [5.41, 5.74) is 20.5. The van der Waals surface area contributed by atoms with Crippen LogP contribution in [0.3, 0.4) is 0 Å². The van der Waals surface area contributed by atoms with Gasteiger partial charge < -0.3 is 0 Å². The highest BCUT2D eigenvalue weighted by Crippen LogP contribution is 2.53. The summed E-state index contributed by atoms with van der Waals surface area (Å²) < 4.78 is 0. The van der Waals surface area contributed by atoms with Crippen LogP contribution in [0, 0.1) is 0 Å². The van der Waals surface area contributed by atoms with E-state index in [0.29, 0.717) is 5.82 Å². The zero-order chi connectivity index (χ0) is 46.6. The van der Waals surface area contributed by atoms with Crippen molar-refractivity contribution in [2.24, 2.45) is 0 Å². The second-order valence-electron chi connectivity index (χ2n) is 18.6. The molecule has 0 spiro atoms. The maximum Gasteiger partial charge on any atom is 0.160 e. The molecule has 2 nitrogen and oxygen atoms in total. The van der Waals surface area contributed by atoms with Gasteiger partial charge in [0.2, 0.25) is 0 Å². The molecular weight excluding hydrogens is 845 g/mol. The zero-order valence-electron chi connectivity index (χ0n) is 38.7. The average Bonchev–Trinajstić information content (AvgIpc) is 3.70. The van der Waals surface area contributed by atoms with Crippen LogP contribution in [0.15, 0.2) is 261 Å². The SMILES string of the molecule is CC1(c2ccccc2)c2ccccc2-c2ccc(-c3cc(-c4ccc5ccccc5c4)cc(-c4ccc(-c5cc(-c6ccc(-c7ccccc7)cc6)nc(-c6ccccc6)n5)c5ccccc45)c3)cc21. The van der Waals surface area contributed by atoms with Gasteiger partial charge in [-0.1, -0.05) is 224 Å². The Kier molecular flexibility index (Phi) is 9.99. The number of benzene rings is 11. The van der Waals surface area contributed by atoms with Gasteiger partial charge in [-0.3, -0.25) is 0 Å². The third-order valence-electron chi connectivity index (χ3n) is 14.6. The minimum Gasteiger partial charge on any atom is -0.228 e. The molecule has 0 fully saturated rings. The van der Waals surface area contributed by atoms with E-state index < -0.39 is 0 Å². The summed E-state index contributed by atoms with van der Waals surface area (Å²) in [6, 6.07) is 94.7. The lowest BCUT2D eigenvalue weighted by atomic mass is 9.74. The van der Waals surface area contributed by atoms with Crippen LogP contribution in [0.1, 0.15) is 23.6 Å². The lowest BCUT2D eigenvalue weighted by molar-refractivity contribution is 0.714. The van der Waals surface area contributed by atoms with Gasteiger partial charge in [-0.05, 0) is 137 Å². The Bertz CT molecular complexity index is 3930. The van der Waals surface area contributed by atoms with Gasteiger partial charge in [-0.25, -0.2) is 9.97 Å². The van der Waals surface area contributed by atoms with Crippen LogP contribution in [0.4, 0.5) is 0 Å². The molecule has 2 heteroatoms. The van der Waals surface area contributed by atoms with E-state index in [9.17, 15) is 0 Å². The monoisotopic (exact) mass is 890 g/mol. The summed E-state index contributed by atoms with van der Waals surface area (Å²) in [4.78, 5) is 10.5. The van der Waals surface area contributed by atoms with Crippen molar-refractivity contribution in [3.05, 3.63) is 278 Å². The van der Waals surface area contributed by atoms with Gasteiger partial charge in [0.25, 0.3) is 0 Å². The van der Waals surface area contributed by atoms with Crippen LogP contribution in [-0.2, 0) is 5.41 Å². The fraction of sp³-hybridized carbons (Fsp3) is 0.0294. The molecule has 0 amide bonds. The Morgan fingerprint density at radius 1 is 0.271 bits per heavy atom. The van der Waals surface area contributed by atoms with Gasteiger partial charge in [-0.2, -0.15) is 0 Å². The summed E-state index contributed by atoms with van der Waals surface area (Å²) in [5.74, 6) is 0.696. The molecule has 1 heterocycles. The van der Waals surface area contributed by atoms with Crippen molar-refractivity contribution in [2.45, 2.75) is 12.3 Å². The summed E-state index contributed by atoms with van der Waals surface area (Å²) >= 11 is 0. The first-order valence-corrected chi connectivity index (χ1v) is 24.1. The van der Waals surface area contributed by atoms with Gasteiger partial charge in [0, 0.05) is 22.1 Å². The predicted octanol–water partition coefficient (Wildman–Crippen LogP) is 17.8. The molecule has 0 bridgehead atoms. The third kappa shape index (κ3) is 7.12. The van der Waals surface area contributed by atoms with Gasteiger partial charge >= 0.3 is 0 Å². The van der Waals surface area contributed by atoms with Crippen LogP contribution >= 0.6 is 0 Å². The van der Waals surface area contributed by atoms with Gasteiger partial charge in [0.05, 0.1) is 11.4 Å². The highest BCUT2D eigenvalue weighted by molar-refractivity contribution is 6.06. The molecule has 1 aliphatic carbocycles. The molecule has 0 radical (unpaired) electrons. The van der Waals surface area contributed by atoms with Gasteiger partial charge in [0.1, 0.15) is 0 Å². The topological polar surface area (TPSA) is 25.8 Å². The molecule has 0 N–H and O–H groups in total. The Hall–Kier alpha value is -8.98. The smallest absolute Gasteiger partial charge is 0.160 e. The van der Waals surface area contributed by atoms with Crippen LogP contribution in [0.2, 0.25) is 0 Å². The number of nitrogens with zero attached hydrogens (tertiary/aromatic N) is 2. The largest absolute Gasteiger partial charge is 0.228 e. The Morgan fingerprint density at radius 3 is 1.53 bits per heavy atom. The minimum absolute atomic E-state index is 0.305. The Balaban J connectivity index is 0.978. The molecule has 1 aromatic heterocycles. The molecule has 0 saturated carbocycles. The molecule has 0 aliphatic heterocycles. The van der Waals surface area contributed by atoms with Crippen molar-refractivity contribution in [3.63, 3.8) is 0 Å². The quantitative estimate of drug-likeness (QED) is 0.152. The number of hydrogen-bond acceptors (Lipinski definition) is 2. The van der Waals surface area contributed by atoms with Crippen LogP contribution in [0.5, 0.6) is 0 Å². The van der Waals surface area contributed by atoms with Gasteiger partial charge in [0.15, 0.2) is 5.82 Å². The van der Waals surface area contributed by atoms with Gasteiger partial charge in [-0.15, -0.1) is 0 Å².